The summed E-state index contributed by atoms with van der Waals surface area (Å²) in [5, 5.41) is 6.48. The van der Waals surface area contributed by atoms with E-state index in [0.717, 1.165) is 12.5 Å². The number of rotatable bonds is 5. The summed E-state index contributed by atoms with van der Waals surface area (Å²) in [7, 11) is 0. The minimum absolute atomic E-state index is 0.364. The molecule has 2 rings (SSSR count). The lowest BCUT2D eigenvalue weighted by molar-refractivity contribution is 0.0534. The van der Waals surface area contributed by atoms with Gasteiger partial charge < -0.3 is 15.4 Å². The van der Waals surface area contributed by atoms with Gasteiger partial charge in [-0.15, -0.1) is 0 Å². The molecule has 2 aliphatic rings. The van der Waals surface area contributed by atoms with E-state index in [-0.39, 0.29) is 6.09 Å². The lowest BCUT2D eigenvalue weighted by Gasteiger charge is -2.43. The SMILES string of the molecule is CC(C)(C)OC(=O)NC/C=C/CNC1C2(C)CCC(C2)C1(C)C. The lowest BCUT2D eigenvalue weighted by Crippen LogP contribution is -2.50. The molecule has 0 aromatic rings. The van der Waals surface area contributed by atoms with Gasteiger partial charge in [0.15, 0.2) is 0 Å². The van der Waals surface area contributed by atoms with Crippen LogP contribution in [0.25, 0.3) is 0 Å². The maximum atomic E-state index is 11.5. The van der Waals surface area contributed by atoms with Crippen molar-refractivity contribution in [3.63, 3.8) is 0 Å². The zero-order valence-corrected chi connectivity index (χ0v) is 15.7. The van der Waals surface area contributed by atoms with Gasteiger partial charge in [0.1, 0.15) is 5.60 Å². The monoisotopic (exact) mass is 322 g/mol. The molecule has 0 aromatic carbocycles. The summed E-state index contributed by atoms with van der Waals surface area (Å²) in [5.41, 5.74) is 0.393. The minimum Gasteiger partial charge on any atom is -0.444 e. The first-order valence-corrected chi connectivity index (χ1v) is 8.90. The highest BCUT2D eigenvalue weighted by Gasteiger charge is 2.58. The Morgan fingerprint density at radius 2 is 1.87 bits per heavy atom. The molecule has 1 amide bonds. The maximum absolute atomic E-state index is 11.5. The largest absolute Gasteiger partial charge is 0.444 e. The van der Waals surface area contributed by atoms with Crippen molar-refractivity contribution in [1.29, 1.82) is 0 Å². The van der Waals surface area contributed by atoms with Gasteiger partial charge in [0, 0.05) is 19.1 Å². The number of hydrogen-bond donors (Lipinski definition) is 2. The molecule has 0 aromatic heterocycles. The van der Waals surface area contributed by atoms with Crippen LogP contribution in [-0.4, -0.2) is 30.8 Å². The molecular weight excluding hydrogens is 288 g/mol. The van der Waals surface area contributed by atoms with Crippen molar-refractivity contribution in [2.24, 2.45) is 16.7 Å². The zero-order chi connectivity index (χ0) is 17.3. The van der Waals surface area contributed by atoms with Crippen molar-refractivity contribution >= 4 is 6.09 Å². The normalized spacial score (nSPS) is 32.4. The van der Waals surface area contributed by atoms with Crippen LogP contribution in [0.4, 0.5) is 4.79 Å². The van der Waals surface area contributed by atoms with Crippen molar-refractivity contribution in [2.45, 2.75) is 72.4 Å². The molecule has 23 heavy (non-hydrogen) atoms. The van der Waals surface area contributed by atoms with Gasteiger partial charge in [-0.05, 0) is 56.8 Å². The van der Waals surface area contributed by atoms with Gasteiger partial charge in [-0.3, -0.25) is 0 Å². The second-order valence-corrected chi connectivity index (χ2v) is 9.11. The highest BCUT2D eigenvalue weighted by Crippen LogP contribution is 2.62. The molecular formula is C19H34N2O2. The Bertz CT molecular complexity index is 460. The smallest absolute Gasteiger partial charge is 0.407 e. The second-order valence-electron chi connectivity index (χ2n) is 9.11. The molecule has 0 aliphatic heterocycles. The van der Waals surface area contributed by atoms with E-state index in [1.165, 1.54) is 19.3 Å². The second kappa shape index (κ2) is 6.46. The van der Waals surface area contributed by atoms with E-state index in [9.17, 15) is 4.79 Å². The van der Waals surface area contributed by atoms with Crippen molar-refractivity contribution in [2.75, 3.05) is 13.1 Å². The summed E-state index contributed by atoms with van der Waals surface area (Å²) >= 11 is 0. The van der Waals surface area contributed by atoms with Crippen LogP contribution in [0.2, 0.25) is 0 Å². The van der Waals surface area contributed by atoms with Gasteiger partial charge in [0.05, 0.1) is 0 Å². The number of nitrogens with one attached hydrogen (secondary N) is 2. The molecule has 2 fully saturated rings. The van der Waals surface area contributed by atoms with Crippen molar-refractivity contribution in [1.82, 2.24) is 10.6 Å². The Labute approximate surface area is 141 Å². The standard InChI is InChI=1S/C19H34N2O2/c1-17(2,3)23-16(22)21-12-8-7-11-20-15-18(4,5)14-9-10-19(15,6)13-14/h7-8,14-15,20H,9-13H2,1-6H3,(H,21,22)/b8-7+. The fourth-order valence-electron chi connectivity index (χ4n) is 4.62. The first-order chi connectivity index (χ1) is 10.5. The van der Waals surface area contributed by atoms with E-state index >= 15 is 0 Å². The molecule has 0 heterocycles. The summed E-state index contributed by atoms with van der Waals surface area (Å²) < 4.78 is 5.20. The van der Waals surface area contributed by atoms with Crippen LogP contribution in [0, 0.1) is 16.7 Å². The number of fused-ring (bicyclic) bond motifs is 2. The van der Waals surface area contributed by atoms with Crippen LogP contribution in [0.5, 0.6) is 0 Å². The Morgan fingerprint density at radius 3 is 2.43 bits per heavy atom. The summed E-state index contributed by atoms with van der Waals surface area (Å²) in [5.74, 6) is 0.864. The fourth-order valence-corrected chi connectivity index (χ4v) is 4.62. The number of alkyl carbamates (subject to hydrolysis) is 1. The fraction of sp³-hybridized carbons (Fsp3) is 0.842. The Balaban J connectivity index is 1.70. The van der Waals surface area contributed by atoms with Gasteiger partial charge >= 0.3 is 6.09 Å². The van der Waals surface area contributed by atoms with E-state index in [4.69, 9.17) is 4.74 Å². The van der Waals surface area contributed by atoms with Gasteiger partial charge in [-0.2, -0.15) is 0 Å². The Morgan fingerprint density at radius 1 is 1.22 bits per heavy atom. The van der Waals surface area contributed by atoms with Crippen LogP contribution in [0.3, 0.4) is 0 Å². The van der Waals surface area contributed by atoms with Gasteiger partial charge in [0.2, 0.25) is 0 Å². The van der Waals surface area contributed by atoms with Crippen molar-refractivity contribution < 1.29 is 9.53 Å². The van der Waals surface area contributed by atoms with Gasteiger partial charge in [-0.25, -0.2) is 4.79 Å². The Kier molecular flexibility index (Phi) is 5.15. The number of carbonyl (C=O) groups excluding carboxylic acids is 1. The van der Waals surface area contributed by atoms with Gasteiger partial charge in [-0.1, -0.05) is 32.9 Å². The quantitative estimate of drug-likeness (QED) is 0.755. The van der Waals surface area contributed by atoms with E-state index in [1.807, 2.05) is 26.8 Å². The molecule has 2 bridgehead atoms. The average Bonchev–Trinajstić information content (AvgIpc) is 2.85. The van der Waals surface area contributed by atoms with E-state index in [2.05, 4.69) is 37.5 Å². The number of carbonyl (C=O) groups is 1. The summed E-state index contributed by atoms with van der Waals surface area (Å²) in [6.07, 6.45) is 7.82. The third-order valence-corrected chi connectivity index (χ3v) is 5.64. The predicted octanol–water partition coefficient (Wildman–Crippen LogP) is 3.87. The van der Waals surface area contributed by atoms with Crippen LogP contribution in [0.1, 0.15) is 60.8 Å². The Hall–Kier alpha value is -1.03. The molecule has 132 valence electrons. The first-order valence-electron chi connectivity index (χ1n) is 8.90. The minimum atomic E-state index is -0.446. The predicted molar refractivity (Wildman–Crippen MR) is 94.4 cm³/mol. The zero-order valence-electron chi connectivity index (χ0n) is 15.7. The average molecular weight is 322 g/mol. The molecule has 0 spiro atoms. The molecule has 3 unspecified atom stereocenters. The number of ether oxygens (including phenoxy) is 1. The molecule has 2 N–H and O–H groups in total. The van der Waals surface area contributed by atoms with E-state index in [0.29, 0.717) is 23.4 Å². The van der Waals surface area contributed by atoms with Gasteiger partial charge in [0.25, 0.3) is 0 Å². The summed E-state index contributed by atoms with van der Waals surface area (Å²) in [4.78, 5) is 11.5. The third kappa shape index (κ3) is 4.28. The molecule has 2 aliphatic carbocycles. The molecule has 4 nitrogen and oxygen atoms in total. The molecule has 4 heteroatoms. The molecule has 3 atom stereocenters. The maximum Gasteiger partial charge on any atom is 0.407 e. The van der Waals surface area contributed by atoms with Crippen LogP contribution < -0.4 is 10.6 Å². The number of amides is 1. The van der Waals surface area contributed by atoms with E-state index in [1.54, 1.807) is 0 Å². The first kappa shape index (κ1) is 18.3. The van der Waals surface area contributed by atoms with Crippen molar-refractivity contribution in [3.8, 4) is 0 Å². The van der Waals surface area contributed by atoms with Crippen LogP contribution >= 0.6 is 0 Å². The molecule has 0 radical (unpaired) electrons. The third-order valence-electron chi connectivity index (χ3n) is 5.64. The lowest BCUT2D eigenvalue weighted by atomic mass is 9.68. The topological polar surface area (TPSA) is 50.4 Å². The van der Waals surface area contributed by atoms with Crippen LogP contribution in [0.15, 0.2) is 12.2 Å². The van der Waals surface area contributed by atoms with Crippen LogP contribution in [-0.2, 0) is 4.74 Å². The molecule has 0 saturated heterocycles. The van der Waals surface area contributed by atoms with E-state index < -0.39 is 5.60 Å². The summed E-state index contributed by atoms with van der Waals surface area (Å²) in [6, 6.07) is 0.581. The molecule has 2 saturated carbocycles. The highest BCUT2D eigenvalue weighted by molar-refractivity contribution is 5.67. The summed E-state index contributed by atoms with van der Waals surface area (Å²) in [6.45, 7) is 14.2. The highest BCUT2D eigenvalue weighted by atomic mass is 16.6. The van der Waals surface area contributed by atoms with Crippen molar-refractivity contribution in [3.05, 3.63) is 12.2 Å². The number of hydrogen-bond acceptors (Lipinski definition) is 3.